The van der Waals surface area contributed by atoms with E-state index in [0.717, 1.165) is 18.4 Å². The lowest BCUT2D eigenvalue weighted by molar-refractivity contribution is 0.370. The van der Waals surface area contributed by atoms with Gasteiger partial charge in [-0.2, -0.15) is 0 Å². The summed E-state index contributed by atoms with van der Waals surface area (Å²) in [5.41, 5.74) is 7.05. The molecule has 15 heavy (non-hydrogen) atoms. The van der Waals surface area contributed by atoms with Crippen LogP contribution in [0.3, 0.4) is 0 Å². The van der Waals surface area contributed by atoms with Crippen LogP contribution < -0.4 is 10.5 Å². The predicted octanol–water partition coefficient (Wildman–Crippen LogP) is 2.13. The summed E-state index contributed by atoms with van der Waals surface area (Å²) in [6.45, 7) is 0. The van der Waals surface area contributed by atoms with Crippen molar-refractivity contribution >= 4 is 0 Å². The van der Waals surface area contributed by atoms with Crippen molar-refractivity contribution in [1.29, 1.82) is 0 Å². The van der Waals surface area contributed by atoms with Gasteiger partial charge in [-0.3, -0.25) is 0 Å². The Labute approximate surface area is 89.9 Å². The normalized spacial score (nSPS) is 19.1. The molecule has 1 aliphatic rings. The smallest absolute Gasteiger partial charge is 0.160 e. The third-order valence-electron chi connectivity index (χ3n) is 3.25. The van der Waals surface area contributed by atoms with Gasteiger partial charge < -0.3 is 15.6 Å². The molecule has 0 unspecified atom stereocenters. The summed E-state index contributed by atoms with van der Waals surface area (Å²) in [6, 6.07) is 5.45. The van der Waals surface area contributed by atoms with E-state index in [1.54, 1.807) is 19.2 Å². The number of ether oxygens (including phenoxy) is 1. The van der Waals surface area contributed by atoms with Gasteiger partial charge in [0, 0.05) is 5.54 Å². The molecular weight excluding hydrogens is 190 g/mol. The molecule has 1 fully saturated rings. The predicted molar refractivity (Wildman–Crippen MR) is 59.0 cm³/mol. The zero-order valence-corrected chi connectivity index (χ0v) is 8.99. The highest BCUT2D eigenvalue weighted by Crippen LogP contribution is 2.39. The van der Waals surface area contributed by atoms with Crippen LogP contribution in [0.5, 0.6) is 11.5 Å². The first-order valence-corrected chi connectivity index (χ1v) is 5.32. The Morgan fingerprint density at radius 2 is 2.00 bits per heavy atom. The molecule has 1 aromatic rings. The van der Waals surface area contributed by atoms with Gasteiger partial charge in [0.05, 0.1) is 7.11 Å². The van der Waals surface area contributed by atoms with E-state index in [-0.39, 0.29) is 11.3 Å². The Balaban J connectivity index is 2.33. The first-order chi connectivity index (χ1) is 7.15. The summed E-state index contributed by atoms with van der Waals surface area (Å²) in [5, 5.41) is 9.69. The zero-order valence-electron chi connectivity index (χ0n) is 8.99. The summed E-state index contributed by atoms with van der Waals surface area (Å²) < 4.78 is 5.00. The van der Waals surface area contributed by atoms with E-state index in [1.807, 2.05) is 6.07 Å². The number of hydrogen-bond donors (Lipinski definition) is 2. The summed E-state index contributed by atoms with van der Waals surface area (Å²) >= 11 is 0. The fourth-order valence-corrected chi connectivity index (χ4v) is 2.29. The SMILES string of the molecule is COc1ccc(C2(N)CCCC2)cc1O. The van der Waals surface area contributed by atoms with Crippen molar-refractivity contribution in [3.8, 4) is 11.5 Å². The van der Waals surface area contributed by atoms with Gasteiger partial charge in [0.2, 0.25) is 0 Å². The Bertz CT molecular complexity index is 357. The van der Waals surface area contributed by atoms with E-state index in [2.05, 4.69) is 0 Å². The monoisotopic (exact) mass is 207 g/mol. The number of phenols is 1. The molecule has 2 rings (SSSR count). The molecule has 0 radical (unpaired) electrons. The Morgan fingerprint density at radius 3 is 2.53 bits per heavy atom. The van der Waals surface area contributed by atoms with Crippen LogP contribution in [0.1, 0.15) is 31.2 Å². The molecule has 3 heteroatoms. The largest absolute Gasteiger partial charge is 0.504 e. The van der Waals surface area contributed by atoms with Gasteiger partial charge in [0.1, 0.15) is 0 Å². The second-order valence-electron chi connectivity index (χ2n) is 4.25. The van der Waals surface area contributed by atoms with Gasteiger partial charge in [-0.15, -0.1) is 0 Å². The highest BCUT2D eigenvalue weighted by atomic mass is 16.5. The number of methoxy groups -OCH3 is 1. The number of nitrogens with two attached hydrogens (primary N) is 1. The minimum absolute atomic E-state index is 0.173. The summed E-state index contributed by atoms with van der Waals surface area (Å²) in [4.78, 5) is 0. The minimum Gasteiger partial charge on any atom is -0.504 e. The Morgan fingerprint density at radius 1 is 1.33 bits per heavy atom. The lowest BCUT2D eigenvalue weighted by atomic mass is 9.89. The zero-order chi connectivity index (χ0) is 10.9. The van der Waals surface area contributed by atoms with Crippen LogP contribution in [0, 0.1) is 0 Å². The Kier molecular flexibility index (Phi) is 2.57. The summed E-state index contributed by atoms with van der Waals surface area (Å²) in [7, 11) is 1.54. The lowest BCUT2D eigenvalue weighted by Gasteiger charge is -2.24. The highest BCUT2D eigenvalue weighted by molar-refractivity contribution is 5.44. The van der Waals surface area contributed by atoms with Crippen molar-refractivity contribution in [3.63, 3.8) is 0 Å². The van der Waals surface area contributed by atoms with E-state index in [9.17, 15) is 5.11 Å². The minimum atomic E-state index is -0.246. The molecule has 82 valence electrons. The Hall–Kier alpha value is -1.22. The average molecular weight is 207 g/mol. The van der Waals surface area contributed by atoms with Crippen LogP contribution >= 0.6 is 0 Å². The molecule has 3 N–H and O–H groups in total. The maximum Gasteiger partial charge on any atom is 0.160 e. The standard InChI is InChI=1S/C12H17NO2/c1-15-11-5-4-9(8-10(11)14)12(13)6-2-3-7-12/h4-5,8,14H,2-3,6-7,13H2,1H3. The molecule has 0 saturated heterocycles. The fraction of sp³-hybridized carbons (Fsp3) is 0.500. The van der Waals surface area contributed by atoms with Crippen LogP contribution in [-0.4, -0.2) is 12.2 Å². The van der Waals surface area contributed by atoms with Gasteiger partial charge in [0.25, 0.3) is 0 Å². The quantitative estimate of drug-likeness (QED) is 0.781. The van der Waals surface area contributed by atoms with Crippen molar-refractivity contribution in [3.05, 3.63) is 23.8 Å². The molecule has 3 nitrogen and oxygen atoms in total. The van der Waals surface area contributed by atoms with Crippen LogP contribution in [0.4, 0.5) is 0 Å². The maximum absolute atomic E-state index is 9.69. The number of benzene rings is 1. The highest BCUT2D eigenvalue weighted by Gasteiger charge is 2.31. The van der Waals surface area contributed by atoms with E-state index in [4.69, 9.17) is 10.5 Å². The number of aromatic hydroxyl groups is 1. The van der Waals surface area contributed by atoms with Crippen molar-refractivity contribution in [2.45, 2.75) is 31.2 Å². The van der Waals surface area contributed by atoms with Crippen molar-refractivity contribution in [2.75, 3.05) is 7.11 Å². The van der Waals surface area contributed by atoms with Crippen LogP contribution in [0.2, 0.25) is 0 Å². The topological polar surface area (TPSA) is 55.5 Å². The number of hydrogen-bond acceptors (Lipinski definition) is 3. The van der Waals surface area contributed by atoms with Gasteiger partial charge in [0.15, 0.2) is 11.5 Å². The molecule has 0 bridgehead atoms. The van der Waals surface area contributed by atoms with E-state index < -0.39 is 0 Å². The van der Waals surface area contributed by atoms with E-state index in [1.165, 1.54) is 12.8 Å². The molecular formula is C12H17NO2. The van der Waals surface area contributed by atoms with Gasteiger partial charge in [-0.25, -0.2) is 0 Å². The lowest BCUT2D eigenvalue weighted by Crippen LogP contribution is -2.32. The third kappa shape index (κ3) is 1.79. The van der Waals surface area contributed by atoms with Crippen molar-refractivity contribution in [1.82, 2.24) is 0 Å². The van der Waals surface area contributed by atoms with E-state index >= 15 is 0 Å². The molecule has 0 aliphatic heterocycles. The third-order valence-corrected chi connectivity index (χ3v) is 3.25. The molecule has 1 aromatic carbocycles. The van der Waals surface area contributed by atoms with Gasteiger partial charge >= 0.3 is 0 Å². The summed E-state index contributed by atoms with van der Waals surface area (Å²) in [5.74, 6) is 0.673. The average Bonchev–Trinajstić information content (AvgIpc) is 2.66. The maximum atomic E-state index is 9.69. The molecule has 0 atom stereocenters. The first kappa shape index (κ1) is 10.3. The second-order valence-corrected chi connectivity index (χ2v) is 4.25. The van der Waals surface area contributed by atoms with Crippen molar-refractivity contribution in [2.24, 2.45) is 5.73 Å². The van der Waals surface area contributed by atoms with Gasteiger partial charge in [-0.1, -0.05) is 18.9 Å². The fourth-order valence-electron chi connectivity index (χ4n) is 2.29. The van der Waals surface area contributed by atoms with E-state index in [0.29, 0.717) is 5.75 Å². The van der Waals surface area contributed by atoms with Crippen LogP contribution in [0.15, 0.2) is 18.2 Å². The number of rotatable bonds is 2. The first-order valence-electron chi connectivity index (χ1n) is 5.32. The van der Waals surface area contributed by atoms with Gasteiger partial charge in [-0.05, 0) is 30.5 Å². The molecule has 1 aliphatic carbocycles. The van der Waals surface area contributed by atoms with Crippen molar-refractivity contribution < 1.29 is 9.84 Å². The summed E-state index contributed by atoms with van der Waals surface area (Å²) in [6.07, 6.45) is 4.34. The molecule has 1 saturated carbocycles. The van der Waals surface area contributed by atoms with Crippen LogP contribution in [-0.2, 0) is 5.54 Å². The number of phenolic OH excluding ortho intramolecular Hbond substituents is 1. The molecule has 0 amide bonds. The molecule has 0 aromatic heterocycles. The molecule has 0 spiro atoms. The molecule has 0 heterocycles. The second kappa shape index (κ2) is 3.74. The van der Waals surface area contributed by atoms with Crippen LogP contribution in [0.25, 0.3) is 0 Å².